The summed E-state index contributed by atoms with van der Waals surface area (Å²) in [4.78, 5) is 18.4. The van der Waals surface area contributed by atoms with Gasteiger partial charge in [-0.1, -0.05) is 13.0 Å². The Morgan fingerprint density at radius 1 is 1.11 bits per heavy atom. The molecule has 2 saturated heterocycles. The lowest BCUT2D eigenvalue weighted by Crippen LogP contribution is -2.43. The van der Waals surface area contributed by atoms with E-state index in [4.69, 9.17) is 19.4 Å². The first-order valence-electron chi connectivity index (χ1n) is 15.9. The normalized spacial score (nSPS) is 27.6. The lowest BCUT2D eigenvalue weighted by molar-refractivity contribution is 0.0903. The van der Waals surface area contributed by atoms with E-state index in [2.05, 4.69) is 9.88 Å². The number of benzene rings is 2. The standard InChI is InChI=1S/C34H36F3N5O3/c1-4-22-24(36)7-6-18-12-21(43)13-23(25(18)22)28-27(37)29-26-30(41(3)20-8-10-33(2,15-20)45-31(26)38-28)40-32(39-29)44-17-34-9-5-11-42(34)16-19(35)14-34/h6-7,12-13,19-20,43H,4-5,8-11,14-17H2,1-3H3/t19-,20?,33?,34+/m1/s1. The number of phenols is 1. The van der Waals surface area contributed by atoms with Gasteiger partial charge in [0.05, 0.1) is 5.54 Å². The summed E-state index contributed by atoms with van der Waals surface area (Å²) in [6.45, 7) is 5.26. The lowest BCUT2D eigenvalue weighted by atomic mass is 9.94. The van der Waals surface area contributed by atoms with Crippen LogP contribution in [0.5, 0.6) is 17.6 Å². The Morgan fingerprint density at radius 2 is 1.96 bits per heavy atom. The zero-order valence-electron chi connectivity index (χ0n) is 25.7. The van der Waals surface area contributed by atoms with Gasteiger partial charge < -0.3 is 19.5 Å². The van der Waals surface area contributed by atoms with Gasteiger partial charge in [-0.05, 0) is 80.1 Å². The van der Waals surface area contributed by atoms with Gasteiger partial charge in [-0.25, -0.2) is 18.2 Å². The molecular weight excluding hydrogens is 583 g/mol. The Morgan fingerprint density at radius 3 is 2.78 bits per heavy atom. The third kappa shape index (κ3) is 4.40. The molecular formula is C34H36F3N5O3. The summed E-state index contributed by atoms with van der Waals surface area (Å²) in [5.41, 5.74) is -0.471. The van der Waals surface area contributed by atoms with E-state index >= 15 is 8.78 Å². The molecule has 3 aliphatic heterocycles. The molecule has 4 aromatic rings. The van der Waals surface area contributed by atoms with Gasteiger partial charge in [0.2, 0.25) is 5.88 Å². The van der Waals surface area contributed by atoms with Gasteiger partial charge in [0, 0.05) is 38.0 Å². The first kappa shape index (κ1) is 28.6. The fraction of sp³-hybridized carbons (Fsp3) is 0.500. The van der Waals surface area contributed by atoms with Crippen LogP contribution in [0.3, 0.4) is 0 Å². The van der Waals surface area contributed by atoms with E-state index in [-0.39, 0.29) is 47.1 Å². The number of halogens is 3. The van der Waals surface area contributed by atoms with E-state index in [0.29, 0.717) is 46.9 Å². The van der Waals surface area contributed by atoms with Crippen molar-refractivity contribution in [3.8, 4) is 28.9 Å². The maximum Gasteiger partial charge on any atom is 0.319 e. The smallest absolute Gasteiger partial charge is 0.319 e. The number of alkyl halides is 1. The quantitative estimate of drug-likeness (QED) is 0.272. The number of fused-ring (bicyclic) bond motifs is 4. The van der Waals surface area contributed by atoms with Crippen LogP contribution in [0.4, 0.5) is 19.0 Å². The van der Waals surface area contributed by atoms with Crippen LogP contribution in [0, 0.1) is 11.6 Å². The fourth-order valence-corrected chi connectivity index (χ4v) is 8.36. The summed E-state index contributed by atoms with van der Waals surface area (Å²) in [5, 5.41) is 12.1. The van der Waals surface area contributed by atoms with Crippen LogP contribution >= 0.6 is 0 Å². The molecule has 5 heterocycles. The Balaban J connectivity index is 1.35. The van der Waals surface area contributed by atoms with E-state index in [0.717, 1.165) is 38.6 Å². The minimum Gasteiger partial charge on any atom is -0.508 e. The minimum atomic E-state index is -0.914. The van der Waals surface area contributed by atoms with Crippen LogP contribution < -0.4 is 14.4 Å². The third-order valence-electron chi connectivity index (χ3n) is 10.6. The molecule has 1 aliphatic carbocycles. The monoisotopic (exact) mass is 619 g/mol. The molecule has 3 fully saturated rings. The second-order valence-corrected chi connectivity index (χ2v) is 13.5. The number of aromatic hydroxyl groups is 1. The van der Waals surface area contributed by atoms with Gasteiger partial charge in [-0.15, -0.1) is 0 Å². The fourth-order valence-electron chi connectivity index (χ4n) is 8.36. The topological polar surface area (TPSA) is 83.8 Å². The summed E-state index contributed by atoms with van der Waals surface area (Å²) in [5.74, 6) is -0.635. The van der Waals surface area contributed by atoms with Crippen molar-refractivity contribution in [2.24, 2.45) is 0 Å². The maximum atomic E-state index is 17.0. The number of phenolic OH excluding ortho intramolecular Hbond substituents is 1. The largest absolute Gasteiger partial charge is 0.508 e. The molecule has 4 aliphatic rings. The highest BCUT2D eigenvalue weighted by atomic mass is 19.1. The predicted molar refractivity (Wildman–Crippen MR) is 165 cm³/mol. The van der Waals surface area contributed by atoms with E-state index < -0.39 is 28.9 Å². The third-order valence-corrected chi connectivity index (χ3v) is 10.6. The summed E-state index contributed by atoms with van der Waals surface area (Å²) in [6, 6.07) is 5.97. The molecule has 2 bridgehead atoms. The molecule has 236 valence electrons. The van der Waals surface area contributed by atoms with E-state index in [1.807, 2.05) is 25.8 Å². The number of aryl methyl sites for hydroxylation is 1. The number of nitrogens with zero attached hydrogens (tertiary/aromatic N) is 5. The van der Waals surface area contributed by atoms with Crippen molar-refractivity contribution in [2.75, 3.05) is 31.6 Å². The van der Waals surface area contributed by atoms with Crippen molar-refractivity contribution in [3.63, 3.8) is 0 Å². The molecule has 0 amide bonds. The van der Waals surface area contributed by atoms with Gasteiger partial charge in [0.1, 0.15) is 52.4 Å². The summed E-state index contributed by atoms with van der Waals surface area (Å²) in [6.07, 6.45) is 3.94. The van der Waals surface area contributed by atoms with Gasteiger partial charge in [0.25, 0.3) is 0 Å². The molecule has 1 N–H and O–H groups in total. The lowest BCUT2D eigenvalue weighted by Gasteiger charge is -2.34. The molecule has 8 nitrogen and oxygen atoms in total. The van der Waals surface area contributed by atoms with Crippen molar-refractivity contribution in [3.05, 3.63) is 41.5 Å². The summed E-state index contributed by atoms with van der Waals surface area (Å²) in [7, 11) is 1.93. The number of pyridine rings is 1. The average molecular weight is 620 g/mol. The van der Waals surface area contributed by atoms with Gasteiger partial charge in [-0.3, -0.25) is 4.90 Å². The molecule has 45 heavy (non-hydrogen) atoms. The number of hydrogen-bond donors (Lipinski definition) is 1. The molecule has 2 unspecified atom stereocenters. The molecule has 0 spiro atoms. The second kappa shape index (κ2) is 10.1. The van der Waals surface area contributed by atoms with Gasteiger partial charge in [0.15, 0.2) is 5.82 Å². The number of anilines is 1. The molecule has 11 heteroatoms. The molecule has 2 aromatic heterocycles. The van der Waals surface area contributed by atoms with Crippen LogP contribution in [-0.2, 0) is 6.42 Å². The van der Waals surface area contributed by atoms with Crippen LogP contribution in [0.1, 0.15) is 57.9 Å². The zero-order chi connectivity index (χ0) is 31.2. The molecule has 0 radical (unpaired) electrons. The van der Waals surface area contributed by atoms with Crippen LogP contribution in [0.15, 0.2) is 24.3 Å². The average Bonchev–Trinajstić information content (AvgIpc) is 3.68. The molecule has 8 rings (SSSR count). The highest BCUT2D eigenvalue weighted by Gasteiger charge is 2.49. The Hall–Kier alpha value is -3.86. The Kier molecular flexibility index (Phi) is 6.40. The van der Waals surface area contributed by atoms with Crippen molar-refractivity contribution in [2.45, 2.75) is 82.1 Å². The van der Waals surface area contributed by atoms with E-state index in [1.54, 1.807) is 6.07 Å². The van der Waals surface area contributed by atoms with E-state index in [1.165, 1.54) is 18.2 Å². The molecule has 2 aromatic carbocycles. The Bertz CT molecular complexity index is 1870. The zero-order valence-corrected chi connectivity index (χ0v) is 25.7. The minimum absolute atomic E-state index is 0.00252. The highest BCUT2D eigenvalue weighted by molar-refractivity contribution is 6.03. The number of rotatable bonds is 5. The maximum absolute atomic E-state index is 17.0. The number of hydrogen-bond acceptors (Lipinski definition) is 8. The van der Waals surface area contributed by atoms with Crippen molar-refractivity contribution in [1.82, 2.24) is 19.9 Å². The first-order valence-corrected chi connectivity index (χ1v) is 15.9. The number of aromatic nitrogens is 3. The van der Waals surface area contributed by atoms with Gasteiger partial charge in [-0.2, -0.15) is 9.97 Å². The van der Waals surface area contributed by atoms with Crippen molar-refractivity contribution in [1.29, 1.82) is 0 Å². The van der Waals surface area contributed by atoms with Crippen LogP contribution in [0.25, 0.3) is 32.9 Å². The summed E-state index contributed by atoms with van der Waals surface area (Å²) >= 11 is 0. The Labute approximate surface area is 259 Å². The van der Waals surface area contributed by atoms with Crippen LogP contribution in [0.2, 0.25) is 0 Å². The van der Waals surface area contributed by atoms with Gasteiger partial charge >= 0.3 is 6.01 Å². The van der Waals surface area contributed by atoms with Crippen molar-refractivity contribution < 1.29 is 27.8 Å². The first-order chi connectivity index (χ1) is 21.6. The highest BCUT2D eigenvalue weighted by Crippen LogP contribution is 2.48. The van der Waals surface area contributed by atoms with E-state index in [9.17, 15) is 9.50 Å². The molecule has 1 saturated carbocycles. The SMILES string of the molecule is CCc1c(F)ccc2cc(O)cc(-c3nc4c5c(nc(OC[C@@]67CCCN6C[C@H](F)C7)nc5c3F)N(C)C3CCC(C)(C3)O4)c12. The summed E-state index contributed by atoms with van der Waals surface area (Å²) < 4.78 is 59.4. The van der Waals surface area contributed by atoms with Crippen LogP contribution in [-0.4, -0.2) is 75.1 Å². The predicted octanol–water partition coefficient (Wildman–Crippen LogP) is 6.49. The number of ether oxygens (including phenoxy) is 2. The van der Waals surface area contributed by atoms with Crippen molar-refractivity contribution >= 4 is 27.5 Å². The molecule has 4 atom stereocenters. The second-order valence-electron chi connectivity index (χ2n) is 13.5.